The molecule has 0 spiro atoms. The number of esters is 1. The smallest absolute Gasteiger partial charge is 0.305 e. The molecule has 2 aliphatic carbocycles. The summed E-state index contributed by atoms with van der Waals surface area (Å²) in [6.07, 6.45) is 14.5. The van der Waals surface area contributed by atoms with Crippen molar-refractivity contribution in [3.8, 4) is 0 Å². The number of carbonyl (C=O) groups is 1. The fourth-order valence-electron chi connectivity index (χ4n) is 4.54. The predicted molar refractivity (Wildman–Crippen MR) is 82.4 cm³/mol. The fraction of sp³-hybridized carbons (Fsp3) is 0.944. The zero-order chi connectivity index (χ0) is 14.4. The Balaban J connectivity index is 1.68. The van der Waals surface area contributed by atoms with Crippen LogP contribution in [0.15, 0.2) is 0 Å². The van der Waals surface area contributed by atoms with E-state index in [0.717, 1.165) is 17.8 Å². The van der Waals surface area contributed by atoms with Crippen LogP contribution in [0.3, 0.4) is 0 Å². The number of carbonyl (C=O) groups excluding carboxylic acids is 1. The minimum atomic E-state index is -0.0199. The average Bonchev–Trinajstić information content (AvgIpc) is 2.49. The van der Waals surface area contributed by atoms with Gasteiger partial charge in [0.25, 0.3) is 0 Å². The Bertz CT molecular complexity index is 284. The summed E-state index contributed by atoms with van der Waals surface area (Å²) >= 11 is 0. The maximum atomic E-state index is 11.3. The first-order valence-electron chi connectivity index (χ1n) is 8.79. The van der Waals surface area contributed by atoms with Crippen molar-refractivity contribution in [3.05, 3.63) is 0 Å². The van der Waals surface area contributed by atoms with Crippen molar-refractivity contribution >= 4 is 5.97 Å². The molecule has 0 bridgehead atoms. The molecule has 0 amide bonds. The van der Waals surface area contributed by atoms with Gasteiger partial charge in [0.2, 0.25) is 0 Å². The summed E-state index contributed by atoms with van der Waals surface area (Å²) in [5, 5.41) is 0. The third-order valence-corrected chi connectivity index (χ3v) is 5.83. The van der Waals surface area contributed by atoms with Crippen LogP contribution in [0.1, 0.15) is 77.6 Å². The summed E-state index contributed by atoms with van der Waals surface area (Å²) in [7, 11) is 1.50. The van der Waals surface area contributed by atoms with Crippen molar-refractivity contribution in [2.24, 2.45) is 23.7 Å². The number of methoxy groups -OCH3 is 1. The van der Waals surface area contributed by atoms with Crippen molar-refractivity contribution in [2.45, 2.75) is 77.6 Å². The monoisotopic (exact) mass is 280 g/mol. The lowest BCUT2D eigenvalue weighted by atomic mass is 9.68. The molecular weight excluding hydrogens is 248 g/mol. The van der Waals surface area contributed by atoms with E-state index < -0.39 is 0 Å². The van der Waals surface area contributed by atoms with E-state index in [4.69, 9.17) is 4.74 Å². The van der Waals surface area contributed by atoms with Crippen LogP contribution >= 0.6 is 0 Å². The zero-order valence-electron chi connectivity index (χ0n) is 13.4. The normalized spacial score (nSPS) is 34.7. The highest BCUT2D eigenvalue weighted by molar-refractivity contribution is 5.69. The fourth-order valence-corrected chi connectivity index (χ4v) is 4.54. The van der Waals surface area contributed by atoms with Gasteiger partial charge in [0.05, 0.1) is 7.11 Å². The lowest BCUT2D eigenvalue weighted by molar-refractivity contribution is -0.142. The van der Waals surface area contributed by atoms with Crippen molar-refractivity contribution in [3.63, 3.8) is 0 Å². The van der Waals surface area contributed by atoms with E-state index in [0.29, 0.717) is 12.3 Å². The molecule has 20 heavy (non-hydrogen) atoms. The van der Waals surface area contributed by atoms with E-state index in [1.165, 1.54) is 71.3 Å². The van der Waals surface area contributed by atoms with E-state index in [-0.39, 0.29) is 5.97 Å². The van der Waals surface area contributed by atoms with Gasteiger partial charge in [-0.05, 0) is 62.2 Å². The third kappa shape index (κ3) is 4.49. The molecule has 116 valence electrons. The highest BCUT2D eigenvalue weighted by Crippen LogP contribution is 2.42. The van der Waals surface area contributed by atoms with Crippen molar-refractivity contribution in [1.29, 1.82) is 0 Å². The molecule has 2 aliphatic rings. The standard InChI is InChI=1S/C18H32O2/c1-3-4-14-5-9-16(10-6-14)17-11-7-15(8-12-17)13-18(19)20-2/h14-17H,3-13H2,1-2H3/t14-,15-,16-,17-. The first kappa shape index (κ1) is 15.9. The number of hydrogen-bond donors (Lipinski definition) is 0. The molecule has 2 rings (SSSR count). The SMILES string of the molecule is CCC[C@H]1CC[C@H]([C@H]2CC[C@H](CC(=O)OC)CC2)CC1. The lowest BCUT2D eigenvalue weighted by Crippen LogP contribution is -2.26. The van der Waals surface area contributed by atoms with Crippen molar-refractivity contribution in [2.75, 3.05) is 7.11 Å². The van der Waals surface area contributed by atoms with E-state index in [1.54, 1.807) is 0 Å². The van der Waals surface area contributed by atoms with Gasteiger partial charge in [-0.15, -0.1) is 0 Å². The number of rotatable bonds is 5. The predicted octanol–water partition coefficient (Wildman–Crippen LogP) is 4.96. The van der Waals surface area contributed by atoms with Gasteiger partial charge in [-0.3, -0.25) is 4.79 Å². The molecule has 0 aromatic rings. The molecule has 0 atom stereocenters. The molecule has 0 aliphatic heterocycles. The second-order valence-corrected chi connectivity index (χ2v) is 7.13. The first-order chi connectivity index (χ1) is 9.72. The minimum Gasteiger partial charge on any atom is -0.469 e. The van der Waals surface area contributed by atoms with E-state index >= 15 is 0 Å². The molecule has 2 heteroatoms. The van der Waals surface area contributed by atoms with Gasteiger partial charge >= 0.3 is 5.97 Å². The highest BCUT2D eigenvalue weighted by atomic mass is 16.5. The average molecular weight is 280 g/mol. The second-order valence-electron chi connectivity index (χ2n) is 7.13. The van der Waals surface area contributed by atoms with Gasteiger partial charge in [-0.2, -0.15) is 0 Å². The topological polar surface area (TPSA) is 26.3 Å². The van der Waals surface area contributed by atoms with Gasteiger partial charge in [0, 0.05) is 6.42 Å². The van der Waals surface area contributed by atoms with Gasteiger partial charge < -0.3 is 4.74 Å². The Morgan fingerprint density at radius 2 is 1.40 bits per heavy atom. The molecule has 0 aromatic heterocycles. The summed E-state index contributed by atoms with van der Waals surface area (Å²) in [5.41, 5.74) is 0. The van der Waals surface area contributed by atoms with Crippen LogP contribution in [0.5, 0.6) is 0 Å². The minimum absolute atomic E-state index is 0.0199. The molecular formula is C18H32O2. The van der Waals surface area contributed by atoms with E-state index in [9.17, 15) is 4.79 Å². The second kappa shape index (κ2) is 8.05. The summed E-state index contributed by atoms with van der Waals surface area (Å²) < 4.78 is 4.79. The maximum Gasteiger partial charge on any atom is 0.305 e. The molecule has 0 radical (unpaired) electrons. The van der Waals surface area contributed by atoms with Crippen LogP contribution in [-0.4, -0.2) is 13.1 Å². The Morgan fingerprint density at radius 1 is 0.900 bits per heavy atom. The maximum absolute atomic E-state index is 11.3. The molecule has 0 N–H and O–H groups in total. The van der Waals surface area contributed by atoms with E-state index in [2.05, 4.69) is 6.92 Å². The van der Waals surface area contributed by atoms with Crippen LogP contribution in [0.2, 0.25) is 0 Å². The van der Waals surface area contributed by atoms with E-state index in [1.807, 2.05) is 0 Å². The quantitative estimate of drug-likeness (QED) is 0.665. The molecule has 2 saturated carbocycles. The molecule has 0 heterocycles. The number of hydrogen-bond acceptors (Lipinski definition) is 2. The molecule has 2 fully saturated rings. The number of ether oxygens (including phenoxy) is 1. The molecule has 0 saturated heterocycles. The molecule has 0 unspecified atom stereocenters. The van der Waals surface area contributed by atoms with Crippen molar-refractivity contribution in [1.82, 2.24) is 0 Å². The molecule has 0 aromatic carbocycles. The Labute approximate surface area is 124 Å². The van der Waals surface area contributed by atoms with Crippen molar-refractivity contribution < 1.29 is 9.53 Å². The van der Waals surface area contributed by atoms with Gasteiger partial charge in [-0.1, -0.05) is 32.6 Å². The summed E-state index contributed by atoms with van der Waals surface area (Å²) in [6.45, 7) is 2.31. The largest absolute Gasteiger partial charge is 0.469 e. The first-order valence-corrected chi connectivity index (χ1v) is 8.79. The highest BCUT2D eigenvalue weighted by Gasteiger charge is 2.31. The summed E-state index contributed by atoms with van der Waals surface area (Å²) in [4.78, 5) is 11.3. The zero-order valence-corrected chi connectivity index (χ0v) is 13.4. The lowest BCUT2D eigenvalue weighted by Gasteiger charge is -2.37. The Hall–Kier alpha value is -0.530. The van der Waals surface area contributed by atoms with Crippen LogP contribution in [-0.2, 0) is 9.53 Å². The van der Waals surface area contributed by atoms with Crippen LogP contribution in [0, 0.1) is 23.7 Å². The van der Waals surface area contributed by atoms with Crippen LogP contribution < -0.4 is 0 Å². The summed E-state index contributed by atoms with van der Waals surface area (Å²) in [6, 6.07) is 0. The summed E-state index contributed by atoms with van der Waals surface area (Å²) in [5.74, 6) is 3.53. The third-order valence-electron chi connectivity index (χ3n) is 5.83. The Kier molecular flexibility index (Phi) is 6.38. The molecule has 2 nitrogen and oxygen atoms in total. The van der Waals surface area contributed by atoms with Gasteiger partial charge in [-0.25, -0.2) is 0 Å². The van der Waals surface area contributed by atoms with Gasteiger partial charge in [0.1, 0.15) is 0 Å². The Morgan fingerprint density at radius 3 is 1.85 bits per heavy atom. The van der Waals surface area contributed by atoms with Gasteiger partial charge in [0.15, 0.2) is 0 Å². The van der Waals surface area contributed by atoms with Crippen LogP contribution in [0.4, 0.5) is 0 Å². The van der Waals surface area contributed by atoms with Crippen LogP contribution in [0.25, 0.3) is 0 Å².